The van der Waals surface area contributed by atoms with Crippen molar-refractivity contribution in [2.75, 3.05) is 23.9 Å². The van der Waals surface area contributed by atoms with E-state index in [0.717, 1.165) is 11.3 Å². The van der Waals surface area contributed by atoms with Crippen LogP contribution in [0.2, 0.25) is 0 Å². The Labute approximate surface area is 207 Å². The van der Waals surface area contributed by atoms with Gasteiger partial charge < -0.3 is 14.8 Å². The standard InChI is InChI=1S/C26H22N2O4S2/c1-17-7-3-5-9-21(17)27-24(29)16-32-22-10-6-4-8-18(22)15-23-25(30)28(26(33)34-23)19-11-13-20(31-2)14-12-19/h3-15H,16H2,1-2H3,(H,27,29)/b23-15-. The average molecular weight is 491 g/mol. The first-order valence-electron chi connectivity index (χ1n) is 10.5. The van der Waals surface area contributed by atoms with Gasteiger partial charge in [-0.2, -0.15) is 0 Å². The highest BCUT2D eigenvalue weighted by atomic mass is 32.2. The number of hydrogen-bond acceptors (Lipinski definition) is 6. The first-order chi connectivity index (χ1) is 16.5. The number of thiocarbonyl (C=S) groups is 1. The number of aryl methyl sites for hydroxylation is 1. The summed E-state index contributed by atoms with van der Waals surface area (Å²) in [5.41, 5.74) is 3.06. The molecule has 0 atom stereocenters. The van der Waals surface area contributed by atoms with E-state index >= 15 is 0 Å². The molecule has 172 valence electrons. The third-order valence-electron chi connectivity index (χ3n) is 5.11. The zero-order valence-corrected chi connectivity index (χ0v) is 20.2. The predicted octanol–water partition coefficient (Wildman–Crippen LogP) is 5.43. The Morgan fingerprint density at radius 2 is 1.76 bits per heavy atom. The molecule has 1 N–H and O–H groups in total. The Kier molecular flexibility index (Phi) is 7.30. The number of carbonyl (C=O) groups excluding carboxylic acids is 2. The highest BCUT2D eigenvalue weighted by molar-refractivity contribution is 8.27. The number of anilines is 2. The number of methoxy groups -OCH3 is 1. The van der Waals surface area contributed by atoms with Crippen LogP contribution >= 0.6 is 24.0 Å². The molecule has 3 aromatic rings. The van der Waals surface area contributed by atoms with Gasteiger partial charge in [0.2, 0.25) is 0 Å². The largest absolute Gasteiger partial charge is 0.497 e. The van der Waals surface area contributed by atoms with Crippen LogP contribution in [-0.2, 0) is 9.59 Å². The molecule has 1 aliphatic heterocycles. The van der Waals surface area contributed by atoms with Gasteiger partial charge in [0.05, 0.1) is 17.7 Å². The highest BCUT2D eigenvalue weighted by Crippen LogP contribution is 2.37. The quantitative estimate of drug-likeness (QED) is 0.352. The maximum atomic E-state index is 13.1. The van der Waals surface area contributed by atoms with E-state index in [-0.39, 0.29) is 18.4 Å². The van der Waals surface area contributed by atoms with Crippen LogP contribution in [0.15, 0.2) is 77.7 Å². The smallest absolute Gasteiger partial charge is 0.270 e. The number of thioether (sulfide) groups is 1. The molecule has 1 fully saturated rings. The van der Waals surface area contributed by atoms with Crippen molar-refractivity contribution in [1.82, 2.24) is 0 Å². The molecule has 0 bridgehead atoms. The highest BCUT2D eigenvalue weighted by Gasteiger charge is 2.33. The molecule has 8 heteroatoms. The molecule has 2 amide bonds. The maximum absolute atomic E-state index is 13.1. The van der Waals surface area contributed by atoms with E-state index in [1.54, 1.807) is 43.5 Å². The van der Waals surface area contributed by atoms with E-state index < -0.39 is 0 Å². The Morgan fingerprint density at radius 1 is 1.06 bits per heavy atom. The summed E-state index contributed by atoms with van der Waals surface area (Å²) in [5.74, 6) is 0.710. The first-order valence-corrected chi connectivity index (χ1v) is 11.7. The molecule has 1 saturated heterocycles. The molecule has 6 nitrogen and oxygen atoms in total. The second kappa shape index (κ2) is 10.5. The molecule has 0 radical (unpaired) electrons. The van der Waals surface area contributed by atoms with Gasteiger partial charge in [-0.05, 0) is 55.0 Å². The molecule has 0 unspecified atom stereocenters. The van der Waals surface area contributed by atoms with E-state index in [1.165, 1.54) is 16.7 Å². The normalized spacial score (nSPS) is 14.4. The lowest BCUT2D eigenvalue weighted by Crippen LogP contribution is -2.27. The van der Waals surface area contributed by atoms with Crippen molar-refractivity contribution in [1.29, 1.82) is 0 Å². The molecular weight excluding hydrogens is 468 g/mol. The minimum atomic E-state index is -0.269. The van der Waals surface area contributed by atoms with E-state index in [9.17, 15) is 9.59 Å². The van der Waals surface area contributed by atoms with Gasteiger partial charge in [0.15, 0.2) is 10.9 Å². The lowest BCUT2D eigenvalue weighted by Gasteiger charge is -2.14. The number of benzene rings is 3. The predicted molar refractivity (Wildman–Crippen MR) is 140 cm³/mol. The molecule has 4 rings (SSSR count). The monoisotopic (exact) mass is 490 g/mol. The van der Waals surface area contributed by atoms with Crippen molar-refractivity contribution in [2.45, 2.75) is 6.92 Å². The summed E-state index contributed by atoms with van der Waals surface area (Å²) < 4.78 is 11.4. The van der Waals surface area contributed by atoms with Gasteiger partial charge in [-0.25, -0.2) is 0 Å². The molecule has 1 aliphatic rings. The number of amides is 2. The number of nitrogens with one attached hydrogen (secondary N) is 1. The number of nitrogens with zero attached hydrogens (tertiary/aromatic N) is 1. The second-order valence-electron chi connectivity index (χ2n) is 7.40. The third-order valence-corrected chi connectivity index (χ3v) is 6.41. The Bertz CT molecular complexity index is 1270. The van der Waals surface area contributed by atoms with Gasteiger partial charge in [0.25, 0.3) is 11.8 Å². The summed E-state index contributed by atoms with van der Waals surface area (Å²) in [4.78, 5) is 27.5. The fraction of sp³-hybridized carbons (Fsp3) is 0.115. The van der Waals surface area contributed by atoms with Crippen molar-refractivity contribution in [3.63, 3.8) is 0 Å². The van der Waals surface area contributed by atoms with Crippen molar-refractivity contribution in [3.8, 4) is 11.5 Å². The SMILES string of the molecule is COc1ccc(N2C(=O)/C(=C/c3ccccc3OCC(=O)Nc3ccccc3C)SC2=S)cc1. The van der Waals surface area contributed by atoms with Crippen molar-refractivity contribution in [2.24, 2.45) is 0 Å². The number of para-hydroxylation sites is 2. The summed E-state index contributed by atoms with van der Waals surface area (Å²) in [6.45, 7) is 1.76. The van der Waals surface area contributed by atoms with Gasteiger partial charge in [0.1, 0.15) is 11.5 Å². The number of hydrogen-bond donors (Lipinski definition) is 1. The van der Waals surface area contributed by atoms with E-state index in [0.29, 0.717) is 32.0 Å². The van der Waals surface area contributed by atoms with Crippen molar-refractivity contribution >= 4 is 57.6 Å². The Balaban J connectivity index is 1.48. The van der Waals surface area contributed by atoms with Crippen LogP contribution in [0.1, 0.15) is 11.1 Å². The third kappa shape index (κ3) is 5.30. The van der Waals surface area contributed by atoms with Crippen LogP contribution in [0, 0.1) is 6.92 Å². The summed E-state index contributed by atoms with van der Waals surface area (Å²) in [7, 11) is 1.59. The Morgan fingerprint density at radius 3 is 2.50 bits per heavy atom. The van der Waals surface area contributed by atoms with Crippen LogP contribution in [0.25, 0.3) is 6.08 Å². The number of carbonyl (C=O) groups is 2. The fourth-order valence-electron chi connectivity index (χ4n) is 3.34. The number of ether oxygens (including phenoxy) is 2. The molecule has 0 aromatic heterocycles. The zero-order valence-electron chi connectivity index (χ0n) is 18.6. The van der Waals surface area contributed by atoms with Gasteiger partial charge in [-0.15, -0.1) is 0 Å². The summed E-state index contributed by atoms with van der Waals surface area (Å²) >= 11 is 6.68. The number of rotatable bonds is 7. The van der Waals surface area contributed by atoms with Crippen molar-refractivity contribution < 1.29 is 19.1 Å². The van der Waals surface area contributed by atoms with Crippen LogP contribution in [0.4, 0.5) is 11.4 Å². The average Bonchev–Trinajstić information content (AvgIpc) is 3.12. The Hall–Kier alpha value is -3.62. The molecule has 0 saturated carbocycles. The van der Waals surface area contributed by atoms with Crippen LogP contribution < -0.4 is 19.7 Å². The van der Waals surface area contributed by atoms with E-state index in [1.807, 2.05) is 49.4 Å². The molecule has 34 heavy (non-hydrogen) atoms. The lowest BCUT2D eigenvalue weighted by molar-refractivity contribution is -0.118. The van der Waals surface area contributed by atoms with E-state index in [2.05, 4.69) is 5.32 Å². The molecule has 3 aromatic carbocycles. The van der Waals surface area contributed by atoms with Gasteiger partial charge in [-0.3, -0.25) is 14.5 Å². The summed E-state index contributed by atoms with van der Waals surface area (Å²) in [5, 5.41) is 2.85. The minimum absolute atomic E-state index is 0.161. The molecule has 0 spiro atoms. The van der Waals surface area contributed by atoms with Gasteiger partial charge in [0, 0.05) is 11.3 Å². The van der Waals surface area contributed by atoms with Crippen molar-refractivity contribution in [3.05, 3.63) is 88.8 Å². The van der Waals surface area contributed by atoms with Gasteiger partial charge >= 0.3 is 0 Å². The van der Waals surface area contributed by atoms with Crippen LogP contribution in [0.3, 0.4) is 0 Å². The molecular formula is C26H22N2O4S2. The fourth-order valence-corrected chi connectivity index (χ4v) is 4.63. The summed E-state index contributed by atoms with van der Waals surface area (Å²) in [6, 6.07) is 21.9. The first kappa shape index (κ1) is 23.5. The minimum Gasteiger partial charge on any atom is -0.497 e. The zero-order chi connectivity index (χ0) is 24.1. The topological polar surface area (TPSA) is 67.9 Å². The van der Waals surface area contributed by atoms with Gasteiger partial charge in [-0.1, -0.05) is 60.4 Å². The second-order valence-corrected chi connectivity index (χ2v) is 9.08. The molecule has 0 aliphatic carbocycles. The maximum Gasteiger partial charge on any atom is 0.270 e. The van der Waals surface area contributed by atoms with Crippen LogP contribution in [0.5, 0.6) is 11.5 Å². The lowest BCUT2D eigenvalue weighted by atomic mass is 10.2. The van der Waals surface area contributed by atoms with E-state index in [4.69, 9.17) is 21.7 Å². The molecule has 1 heterocycles. The summed E-state index contributed by atoms with van der Waals surface area (Å²) in [6.07, 6.45) is 1.73. The van der Waals surface area contributed by atoms with Crippen LogP contribution in [-0.4, -0.2) is 29.9 Å².